The van der Waals surface area contributed by atoms with Crippen molar-refractivity contribution in [3.05, 3.63) is 54.4 Å². The SMILES string of the molecule is CNc1ncnc(Nc2cccc3ccccc23)c1C. The van der Waals surface area contributed by atoms with Crippen LogP contribution in [0.4, 0.5) is 17.3 Å². The maximum atomic E-state index is 4.33. The molecule has 2 aromatic carbocycles. The Balaban J connectivity index is 2.06. The molecule has 0 saturated heterocycles. The second-order valence-corrected chi connectivity index (χ2v) is 4.60. The lowest BCUT2D eigenvalue weighted by Gasteiger charge is -2.12. The van der Waals surface area contributed by atoms with Crippen LogP contribution >= 0.6 is 0 Å². The van der Waals surface area contributed by atoms with Crippen LogP contribution in [0.2, 0.25) is 0 Å². The van der Waals surface area contributed by atoms with E-state index in [1.807, 2.05) is 32.2 Å². The first-order chi connectivity index (χ1) is 9.79. The van der Waals surface area contributed by atoms with Gasteiger partial charge in [-0.3, -0.25) is 0 Å². The summed E-state index contributed by atoms with van der Waals surface area (Å²) in [6, 6.07) is 14.5. The number of nitrogens with zero attached hydrogens (tertiary/aromatic N) is 2. The van der Waals surface area contributed by atoms with Crippen molar-refractivity contribution in [2.45, 2.75) is 6.92 Å². The van der Waals surface area contributed by atoms with Crippen LogP contribution in [0, 0.1) is 6.92 Å². The number of fused-ring (bicyclic) bond motifs is 1. The van der Waals surface area contributed by atoms with Crippen molar-refractivity contribution in [2.24, 2.45) is 0 Å². The summed E-state index contributed by atoms with van der Waals surface area (Å²) in [6.45, 7) is 2.00. The molecule has 0 fully saturated rings. The van der Waals surface area contributed by atoms with Gasteiger partial charge in [0.25, 0.3) is 0 Å². The van der Waals surface area contributed by atoms with E-state index in [9.17, 15) is 0 Å². The summed E-state index contributed by atoms with van der Waals surface area (Å²) in [5.41, 5.74) is 2.05. The number of aromatic nitrogens is 2. The number of anilines is 3. The first-order valence-corrected chi connectivity index (χ1v) is 6.53. The Morgan fingerprint density at radius 2 is 1.65 bits per heavy atom. The molecular formula is C16H16N4. The minimum Gasteiger partial charge on any atom is -0.373 e. The normalized spacial score (nSPS) is 10.5. The average Bonchev–Trinajstić information content (AvgIpc) is 2.50. The zero-order chi connectivity index (χ0) is 13.9. The summed E-state index contributed by atoms with van der Waals surface area (Å²) in [6.07, 6.45) is 1.56. The third-order valence-electron chi connectivity index (χ3n) is 3.36. The molecule has 0 atom stereocenters. The Hall–Kier alpha value is -2.62. The maximum absolute atomic E-state index is 4.33. The fourth-order valence-electron chi connectivity index (χ4n) is 2.29. The molecule has 0 amide bonds. The van der Waals surface area contributed by atoms with E-state index < -0.39 is 0 Å². The summed E-state index contributed by atoms with van der Waals surface area (Å²) >= 11 is 0. The van der Waals surface area contributed by atoms with Crippen LogP contribution in [0.15, 0.2) is 48.8 Å². The predicted octanol–water partition coefficient (Wildman–Crippen LogP) is 3.72. The molecule has 0 radical (unpaired) electrons. The highest BCUT2D eigenvalue weighted by molar-refractivity contribution is 5.95. The molecule has 20 heavy (non-hydrogen) atoms. The van der Waals surface area contributed by atoms with E-state index in [1.165, 1.54) is 10.8 Å². The van der Waals surface area contributed by atoms with Gasteiger partial charge in [0.05, 0.1) is 0 Å². The first-order valence-electron chi connectivity index (χ1n) is 6.53. The predicted molar refractivity (Wildman–Crippen MR) is 83.5 cm³/mol. The van der Waals surface area contributed by atoms with Crippen molar-refractivity contribution in [1.29, 1.82) is 0 Å². The highest BCUT2D eigenvalue weighted by Gasteiger charge is 2.07. The highest BCUT2D eigenvalue weighted by atomic mass is 15.1. The minimum absolute atomic E-state index is 0.820. The van der Waals surface area contributed by atoms with Crippen molar-refractivity contribution in [1.82, 2.24) is 9.97 Å². The quantitative estimate of drug-likeness (QED) is 0.757. The Bertz CT molecular complexity index is 747. The molecule has 1 aromatic heterocycles. The van der Waals surface area contributed by atoms with Gasteiger partial charge in [-0.05, 0) is 18.4 Å². The van der Waals surface area contributed by atoms with Gasteiger partial charge < -0.3 is 10.6 Å². The van der Waals surface area contributed by atoms with Crippen LogP contribution in [0.3, 0.4) is 0 Å². The summed E-state index contributed by atoms with van der Waals surface area (Å²) in [7, 11) is 1.86. The molecule has 0 aliphatic rings. The lowest BCUT2D eigenvalue weighted by Crippen LogP contribution is -2.02. The Kier molecular flexibility index (Phi) is 3.21. The van der Waals surface area contributed by atoms with E-state index in [-0.39, 0.29) is 0 Å². The summed E-state index contributed by atoms with van der Waals surface area (Å²) in [5, 5.41) is 8.85. The molecule has 4 heteroatoms. The lowest BCUT2D eigenvalue weighted by atomic mass is 10.1. The smallest absolute Gasteiger partial charge is 0.138 e. The van der Waals surface area contributed by atoms with Crippen LogP contribution in [-0.2, 0) is 0 Å². The molecule has 0 aliphatic carbocycles. The van der Waals surface area contributed by atoms with Crippen molar-refractivity contribution < 1.29 is 0 Å². The van der Waals surface area contributed by atoms with Gasteiger partial charge in [0.1, 0.15) is 18.0 Å². The van der Waals surface area contributed by atoms with Gasteiger partial charge in [0, 0.05) is 23.7 Å². The van der Waals surface area contributed by atoms with Gasteiger partial charge in [0.2, 0.25) is 0 Å². The summed E-state index contributed by atoms with van der Waals surface area (Å²) < 4.78 is 0. The van der Waals surface area contributed by atoms with Gasteiger partial charge in [-0.2, -0.15) is 0 Å². The minimum atomic E-state index is 0.820. The van der Waals surface area contributed by atoms with E-state index in [0.717, 1.165) is 22.9 Å². The number of rotatable bonds is 3. The molecule has 1 heterocycles. The monoisotopic (exact) mass is 264 g/mol. The Morgan fingerprint density at radius 3 is 2.50 bits per heavy atom. The zero-order valence-corrected chi connectivity index (χ0v) is 11.5. The van der Waals surface area contributed by atoms with E-state index in [4.69, 9.17) is 0 Å². The maximum Gasteiger partial charge on any atom is 0.138 e. The highest BCUT2D eigenvalue weighted by Crippen LogP contribution is 2.27. The second kappa shape index (κ2) is 5.17. The summed E-state index contributed by atoms with van der Waals surface area (Å²) in [5.74, 6) is 1.66. The zero-order valence-electron chi connectivity index (χ0n) is 11.5. The van der Waals surface area contributed by atoms with Crippen molar-refractivity contribution >= 4 is 28.1 Å². The number of hydrogen-bond donors (Lipinski definition) is 2. The molecule has 100 valence electrons. The third kappa shape index (κ3) is 2.16. The third-order valence-corrected chi connectivity index (χ3v) is 3.36. The van der Waals surface area contributed by atoms with Gasteiger partial charge in [0.15, 0.2) is 0 Å². The molecule has 4 nitrogen and oxygen atoms in total. The van der Waals surface area contributed by atoms with E-state index >= 15 is 0 Å². The average molecular weight is 264 g/mol. The molecule has 0 bridgehead atoms. The second-order valence-electron chi connectivity index (χ2n) is 4.60. The van der Waals surface area contributed by atoms with Crippen LogP contribution in [0.1, 0.15) is 5.56 Å². The van der Waals surface area contributed by atoms with Crippen LogP contribution in [-0.4, -0.2) is 17.0 Å². The molecule has 0 spiro atoms. The van der Waals surface area contributed by atoms with E-state index in [0.29, 0.717) is 0 Å². The van der Waals surface area contributed by atoms with Crippen LogP contribution in [0.5, 0.6) is 0 Å². The van der Waals surface area contributed by atoms with Crippen molar-refractivity contribution in [3.8, 4) is 0 Å². The van der Waals surface area contributed by atoms with Gasteiger partial charge in [-0.15, -0.1) is 0 Å². The number of benzene rings is 2. The first kappa shape index (κ1) is 12.4. The number of hydrogen-bond acceptors (Lipinski definition) is 4. The van der Waals surface area contributed by atoms with Gasteiger partial charge in [-0.1, -0.05) is 36.4 Å². The van der Waals surface area contributed by atoms with E-state index in [2.05, 4.69) is 44.9 Å². The van der Waals surface area contributed by atoms with Crippen LogP contribution in [0.25, 0.3) is 10.8 Å². The number of nitrogens with one attached hydrogen (secondary N) is 2. The molecule has 2 N–H and O–H groups in total. The van der Waals surface area contributed by atoms with Gasteiger partial charge in [-0.25, -0.2) is 9.97 Å². The summed E-state index contributed by atoms with van der Waals surface area (Å²) in [4.78, 5) is 8.53. The van der Waals surface area contributed by atoms with Gasteiger partial charge >= 0.3 is 0 Å². The lowest BCUT2D eigenvalue weighted by molar-refractivity contribution is 1.12. The molecule has 0 unspecified atom stereocenters. The van der Waals surface area contributed by atoms with E-state index in [1.54, 1.807) is 6.33 Å². The molecule has 0 saturated carbocycles. The standard InChI is InChI=1S/C16H16N4/c1-11-15(17-2)18-10-19-16(11)20-14-9-5-7-12-6-3-4-8-13(12)14/h3-10H,1-2H3,(H2,17,18,19,20). The largest absolute Gasteiger partial charge is 0.373 e. The van der Waals surface area contributed by atoms with Crippen LogP contribution < -0.4 is 10.6 Å². The van der Waals surface area contributed by atoms with Crippen molar-refractivity contribution in [3.63, 3.8) is 0 Å². The molecular weight excluding hydrogens is 248 g/mol. The molecule has 3 rings (SSSR count). The Morgan fingerprint density at radius 1 is 0.900 bits per heavy atom. The molecule has 0 aliphatic heterocycles. The topological polar surface area (TPSA) is 49.8 Å². The fourth-order valence-corrected chi connectivity index (χ4v) is 2.29. The Labute approximate surface area is 117 Å². The fraction of sp³-hybridized carbons (Fsp3) is 0.125. The molecule has 3 aromatic rings. The van der Waals surface area contributed by atoms with Crippen molar-refractivity contribution in [2.75, 3.05) is 17.7 Å².